The lowest BCUT2D eigenvalue weighted by atomic mass is 10.1. The molecule has 1 heterocycles. The molecular weight excluding hydrogens is 294 g/mol. The van der Waals surface area contributed by atoms with Crippen molar-refractivity contribution < 1.29 is 5.11 Å². The lowest BCUT2D eigenvalue weighted by Gasteiger charge is -2.14. The van der Waals surface area contributed by atoms with Gasteiger partial charge in [0.25, 0.3) is 5.56 Å². The van der Waals surface area contributed by atoms with E-state index in [1.807, 2.05) is 44.2 Å². The van der Waals surface area contributed by atoms with Crippen LogP contribution in [0.3, 0.4) is 0 Å². The van der Waals surface area contributed by atoms with Gasteiger partial charge in [-0.1, -0.05) is 37.3 Å². The van der Waals surface area contributed by atoms with E-state index in [2.05, 4.69) is 4.99 Å². The normalized spacial score (nSPS) is 13.1. The monoisotopic (exact) mass is 315 g/mol. The smallest absolute Gasteiger partial charge is 0.333 e. The summed E-state index contributed by atoms with van der Waals surface area (Å²) in [5.74, 6) is -0.348. The third kappa shape index (κ3) is 3.11. The minimum atomic E-state index is -0.567. The molecule has 0 saturated carbocycles. The second kappa shape index (κ2) is 6.64. The van der Waals surface area contributed by atoms with Crippen LogP contribution in [0.2, 0.25) is 0 Å². The molecule has 0 spiro atoms. The summed E-state index contributed by atoms with van der Waals surface area (Å²) in [7, 11) is 2.82. The molecule has 1 N–H and O–H groups in total. The van der Waals surface area contributed by atoms with Gasteiger partial charge in [0.2, 0.25) is 5.88 Å². The Bertz CT molecular complexity index is 848. The van der Waals surface area contributed by atoms with Crippen LogP contribution < -0.4 is 11.2 Å². The van der Waals surface area contributed by atoms with Gasteiger partial charge in [-0.15, -0.1) is 0 Å². The number of rotatable bonds is 4. The molecule has 1 atom stereocenters. The van der Waals surface area contributed by atoms with Crippen molar-refractivity contribution in [2.75, 3.05) is 0 Å². The molecule has 0 amide bonds. The van der Waals surface area contributed by atoms with Gasteiger partial charge in [0.1, 0.15) is 5.56 Å². The number of nitrogens with zero attached hydrogens (tertiary/aromatic N) is 3. The average molecular weight is 315 g/mol. The van der Waals surface area contributed by atoms with Crippen molar-refractivity contribution >= 4 is 5.71 Å². The maximum atomic E-state index is 12.4. The molecule has 0 aliphatic rings. The largest absolute Gasteiger partial charge is 0.494 e. The fourth-order valence-electron chi connectivity index (χ4n) is 2.46. The third-order valence-corrected chi connectivity index (χ3v) is 3.89. The summed E-state index contributed by atoms with van der Waals surface area (Å²) in [6.45, 7) is 3.79. The number of aromatic nitrogens is 2. The van der Waals surface area contributed by atoms with E-state index < -0.39 is 11.2 Å². The highest BCUT2D eigenvalue weighted by atomic mass is 16.3. The SMILES string of the molecule is CCC(=N[C@@H](C)c1ccccc1)c1c(O)n(C)c(=O)n(C)c1=O. The lowest BCUT2D eigenvalue weighted by Crippen LogP contribution is -2.40. The Morgan fingerprint density at radius 2 is 1.78 bits per heavy atom. The van der Waals surface area contributed by atoms with E-state index in [1.165, 1.54) is 14.1 Å². The summed E-state index contributed by atoms with van der Waals surface area (Å²) in [6, 6.07) is 9.54. The lowest BCUT2D eigenvalue weighted by molar-refractivity contribution is 0.410. The summed E-state index contributed by atoms with van der Waals surface area (Å²) in [4.78, 5) is 28.8. The topological polar surface area (TPSA) is 76.6 Å². The maximum Gasteiger partial charge on any atom is 0.333 e. The Labute approximate surface area is 134 Å². The van der Waals surface area contributed by atoms with Gasteiger partial charge in [-0.3, -0.25) is 18.9 Å². The molecule has 0 saturated heterocycles. The molecule has 1 aromatic heterocycles. The molecule has 23 heavy (non-hydrogen) atoms. The summed E-state index contributed by atoms with van der Waals surface area (Å²) in [5, 5.41) is 10.2. The molecule has 2 rings (SSSR count). The van der Waals surface area contributed by atoms with Crippen LogP contribution in [0.25, 0.3) is 0 Å². The first kappa shape index (κ1) is 16.7. The van der Waals surface area contributed by atoms with E-state index in [9.17, 15) is 14.7 Å². The fourth-order valence-corrected chi connectivity index (χ4v) is 2.46. The Morgan fingerprint density at radius 1 is 1.17 bits per heavy atom. The number of hydrogen-bond donors (Lipinski definition) is 1. The van der Waals surface area contributed by atoms with Gasteiger partial charge in [0, 0.05) is 14.1 Å². The van der Waals surface area contributed by atoms with Gasteiger partial charge < -0.3 is 5.11 Å². The molecule has 6 nitrogen and oxygen atoms in total. The van der Waals surface area contributed by atoms with E-state index >= 15 is 0 Å². The van der Waals surface area contributed by atoms with Crippen molar-refractivity contribution in [2.45, 2.75) is 26.3 Å². The van der Waals surface area contributed by atoms with Gasteiger partial charge in [0.15, 0.2) is 0 Å². The van der Waals surface area contributed by atoms with Gasteiger partial charge >= 0.3 is 5.69 Å². The zero-order valence-corrected chi connectivity index (χ0v) is 13.8. The summed E-state index contributed by atoms with van der Waals surface area (Å²) in [6.07, 6.45) is 0.470. The van der Waals surface area contributed by atoms with Crippen LogP contribution in [0.5, 0.6) is 5.88 Å². The van der Waals surface area contributed by atoms with Crippen LogP contribution in [0.15, 0.2) is 44.9 Å². The van der Waals surface area contributed by atoms with Crippen LogP contribution in [0.4, 0.5) is 0 Å². The second-order valence-electron chi connectivity index (χ2n) is 5.42. The zero-order chi connectivity index (χ0) is 17.1. The first-order chi connectivity index (χ1) is 10.9. The van der Waals surface area contributed by atoms with E-state index in [0.29, 0.717) is 12.1 Å². The van der Waals surface area contributed by atoms with Crippen LogP contribution in [-0.2, 0) is 14.1 Å². The standard InChI is InChI=1S/C17H21N3O3/c1-5-13(18-11(2)12-9-7-6-8-10-12)14-15(21)19(3)17(23)20(4)16(14)22/h6-11,21H,5H2,1-4H3/t11-/m0/s1. The van der Waals surface area contributed by atoms with E-state index in [1.54, 1.807) is 0 Å². The van der Waals surface area contributed by atoms with Crippen molar-refractivity contribution in [3.63, 3.8) is 0 Å². The Hall–Kier alpha value is -2.63. The fraction of sp³-hybridized carbons (Fsp3) is 0.353. The van der Waals surface area contributed by atoms with Gasteiger partial charge in [-0.05, 0) is 18.9 Å². The van der Waals surface area contributed by atoms with Crippen molar-refractivity contribution in [1.29, 1.82) is 0 Å². The van der Waals surface area contributed by atoms with Gasteiger partial charge in [-0.25, -0.2) is 4.79 Å². The minimum Gasteiger partial charge on any atom is -0.494 e. The second-order valence-corrected chi connectivity index (χ2v) is 5.42. The van der Waals surface area contributed by atoms with Crippen molar-refractivity contribution in [3.05, 3.63) is 62.3 Å². The molecule has 0 fully saturated rings. The Kier molecular flexibility index (Phi) is 4.83. The summed E-state index contributed by atoms with van der Waals surface area (Å²) < 4.78 is 2.03. The Morgan fingerprint density at radius 3 is 2.35 bits per heavy atom. The molecule has 1 aromatic carbocycles. The molecule has 0 unspecified atom stereocenters. The predicted octanol–water partition coefficient (Wildman–Crippen LogP) is 1.75. The van der Waals surface area contributed by atoms with Gasteiger partial charge in [0.05, 0.1) is 11.8 Å². The minimum absolute atomic E-state index is 0.0832. The highest BCUT2D eigenvalue weighted by Crippen LogP contribution is 2.20. The predicted molar refractivity (Wildman–Crippen MR) is 90.3 cm³/mol. The Balaban J connectivity index is 2.61. The van der Waals surface area contributed by atoms with Crippen LogP contribution in [0.1, 0.15) is 37.4 Å². The summed E-state index contributed by atoms with van der Waals surface area (Å²) in [5.41, 5.74) is 0.476. The number of benzene rings is 1. The number of aromatic hydroxyl groups is 1. The first-order valence-corrected chi connectivity index (χ1v) is 7.49. The summed E-state index contributed by atoms with van der Waals surface area (Å²) >= 11 is 0. The molecular formula is C17H21N3O3. The molecule has 0 aliphatic heterocycles. The average Bonchev–Trinajstić information content (AvgIpc) is 2.58. The molecule has 2 aromatic rings. The van der Waals surface area contributed by atoms with Crippen molar-refractivity contribution in [2.24, 2.45) is 19.1 Å². The van der Waals surface area contributed by atoms with E-state index in [0.717, 1.165) is 14.7 Å². The highest BCUT2D eigenvalue weighted by molar-refractivity contribution is 6.02. The molecule has 0 radical (unpaired) electrons. The highest BCUT2D eigenvalue weighted by Gasteiger charge is 2.19. The third-order valence-electron chi connectivity index (χ3n) is 3.89. The van der Waals surface area contributed by atoms with Crippen molar-refractivity contribution in [1.82, 2.24) is 9.13 Å². The first-order valence-electron chi connectivity index (χ1n) is 7.49. The molecule has 0 bridgehead atoms. The van der Waals surface area contributed by atoms with Crippen LogP contribution in [0, 0.1) is 0 Å². The molecule has 0 aliphatic carbocycles. The number of aliphatic imine (C=N–C) groups is 1. The van der Waals surface area contributed by atoms with E-state index in [4.69, 9.17) is 0 Å². The van der Waals surface area contributed by atoms with Crippen LogP contribution in [-0.4, -0.2) is 20.0 Å². The quantitative estimate of drug-likeness (QED) is 0.873. The maximum absolute atomic E-state index is 12.4. The van der Waals surface area contributed by atoms with Gasteiger partial charge in [-0.2, -0.15) is 0 Å². The zero-order valence-electron chi connectivity index (χ0n) is 13.8. The van der Waals surface area contributed by atoms with Crippen molar-refractivity contribution in [3.8, 4) is 5.88 Å². The number of hydrogen-bond acceptors (Lipinski definition) is 4. The van der Waals surface area contributed by atoms with E-state index in [-0.39, 0.29) is 17.5 Å². The molecule has 6 heteroatoms. The molecule has 122 valence electrons. The van der Waals surface area contributed by atoms with Crippen LogP contribution >= 0.6 is 0 Å².